The van der Waals surface area contributed by atoms with Crippen LogP contribution in [0.15, 0.2) is 0 Å². The molecule has 2 fully saturated rings. The van der Waals surface area contributed by atoms with Gasteiger partial charge in [0.15, 0.2) is 9.76 Å². The molecule has 0 amide bonds. The van der Waals surface area contributed by atoms with Crippen LogP contribution in [-0.2, 0) is 0 Å². The molecule has 0 aliphatic heterocycles. The minimum Gasteiger partial charge on any atom is -0.438 e. The highest BCUT2D eigenvalue weighted by Crippen LogP contribution is 2.40. The summed E-state index contributed by atoms with van der Waals surface area (Å²) in [6.07, 6.45) is 22.1. The minimum absolute atomic E-state index is 0.731. The molecule has 0 radical (unpaired) electrons. The summed E-state index contributed by atoms with van der Waals surface area (Å²) >= 11 is 0. The molecule has 0 aromatic heterocycles. The highest BCUT2D eigenvalue weighted by Gasteiger charge is 2.29. The zero-order valence-electron chi connectivity index (χ0n) is 14.2. The lowest BCUT2D eigenvalue weighted by Gasteiger charge is -2.36. The summed E-state index contributed by atoms with van der Waals surface area (Å²) in [5.41, 5.74) is 0. The Morgan fingerprint density at radius 1 is 0.667 bits per heavy atom. The van der Waals surface area contributed by atoms with Crippen molar-refractivity contribution < 1.29 is 4.80 Å². The van der Waals surface area contributed by atoms with Gasteiger partial charge in [0.1, 0.15) is 0 Å². The summed E-state index contributed by atoms with van der Waals surface area (Å²) in [4.78, 5) is 9.45. The van der Waals surface area contributed by atoms with E-state index >= 15 is 0 Å². The highest BCUT2D eigenvalue weighted by molar-refractivity contribution is 6.25. The third-order valence-corrected chi connectivity index (χ3v) is 6.93. The fourth-order valence-electron chi connectivity index (χ4n) is 5.02. The zero-order chi connectivity index (χ0) is 14.8. The molecule has 0 saturated heterocycles. The molecule has 0 spiro atoms. The first-order chi connectivity index (χ1) is 10.4. The van der Waals surface area contributed by atoms with Gasteiger partial charge in [-0.25, -0.2) is 0 Å². The molecule has 1 nitrogen and oxygen atoms in total. The van der Waals surface area contributed by atoms with Crippen LogP contribution in [0.3, 0.4) is 0 Å². The maximum Gasteiger partial charge on any atom is 0.156 e. The normalized spacial score (nSPS) is 24.9. The maximum atomic E-state index is 9.45. The maximum absolute atomic E-state index is 9.45. The van der Waals surface area contributed by atoms with Crippen LogP contribution in [0.25, 0.3) is 0 Å². The van der Waals surface area contributed by atoms with Crippen molar-refractivity contribution in [2.75, 3.05) is 0 Å². The minimum atomic E-state index is -0.731. The average molecular weight is 311 g/mol. The monoisotopic (exact) mass is 310 g/mol. The molecule has 1 N–H and O–H groups in total. The van der Waals surface area contributed by atoms with E-state index in [1.807, 2.05) is 0 Å². The first-order valence-corrected chi connectivity index (χ1v) is 11.7. The van der Waals surface area contributed by atoms with Crippen molar-refractivity contribution in [3.63, 3.8) is 0 Å². The number of hydrogen-bond acceptors (Lipinski definition) is 1. The summed E-state index contributed by atoms with van der Waals surface area (Å²) in [5.74, 6) is 2.95. The Balaban J connectivity index is 1.95. The summed E-state index contributed by atoms with van der Waals surface area (Å²) in [6.45, 7) is 0. The van der Waals surface area contributed by atoms with Crippen molar-refractivity contribution in [3.05, 3.63) is 0 Å². The van der Waals surface area contributed by atoms with Crippen LogP contribution >= 0.6 is 0 Å². The Labute approximate surface area is 135 Å². The van der Waals surface area contributed by atoms with Crippen molar-refractivity contribution >= 4 is 9.76 Å². The molecule has 21 heavy (non-hydrogen) atoms. The van der Waals surface area contributed by atoms with E-state index in [-0.39, 0.29) is 0 Å². The Morgan fingerprint density at radius 2 is 1.05 bits per heavy atom. The van der Waals surface area contributed by atoms with Crippen molar-refractivity contribution in [1.82, 2.24) is 0 Å². The molecule has 0 bridgehead atoms. The van der Waals surface area contributed by atoms with E-state index in [2.05, 4.69) is 0 Å². The summed E-state index contributed by atoms with van der Waals surface area (Å²) in [5, 5.41) is 0. The van der Waals surface area contributed by atoms with Crippen molar-refractivity contribution in [1.29, 1.82) is 0 Å². The van der Waals surface area contributed by atoms with Gasteiger partial charge in [0.25, 0.3) is 0 Å². The Morgan fingerprint density at radius 3 is 1.43 bits per heavy atom. The summed E-state index contributed by atoms with van der Waals surface area (Å²) in [7, 11) is -0.731. The van der Waals surface area contributed by atoms with Gasteiger partial charge in [0.2, 0.25) is 0 Å². The Kier molecular flexibility index (Phi) is 9.04. The quantitative estimate of drug-likeness (QED) is 0.691. The SMILES string of the molecule is O[SiH2]CCC(C1CCCCCCC1)C1CCCCCCC1. The van der Waals surface area contributed by atoms with E-state index in [1.165, 1.54) is 102 Å². The van der Waals surface area contributed by atoms with Crippen LogP contribution < -0.4 is 0 Å². The second-order valence-corrected chi connectivity index (χ2v) is 8.89. The first-order valence-electron chi connectivity index (χ1n) is 10.0. The van der Waals surface area contributed by atoms with E-state index in [9.17, 15) is 4.80 Å². The van der Waals surface area contributed by atoms with Crippen LogP contribution in [0.2, 0.25) is 6.04 Å². The predicted octanol–water partition coefficient (Wildman–Crippen LogP) is 5.21. The zero-order valence-corrected chi connectivity index (χ0v) is 15.6. The van der Waals surface area contributed by atoms with Crippen LogP contribution in [-0.4, -0.2) is 14.6 Å². The molecule has 0 aromatic carbocycles. The second kappa shape index (κ2) is 10.8. The molecule has 2 rings (SSSR count). The van der Waals surface area contributed by atoms with Crippen molar-refractivity contribution in [3.8, 4) is 0 Å². The number of hydrogen-bond donors (Lipinski definition) is 1. The van der Waals surface area contributed by atoms with Gasteiger partial charge in [0, 0.05) is 0 Å². The van der Waals surface area contributed by atoms with Gasteiger partial charge in [-0.15, -0.1) is 0 Å². The van der Waals surface area contributed by atoms with Gasteiger partial charge in [-0.05, 0) is 23.8 Å². The summed E-state index contributed by atoms with van der Waals surface area (Å²) < 4.78 is 0. The predicted molar refractivity (Wildman–Crippen MR) is 95.3 cm³/mol. The lowest BCUT2D eigenvalue weighted by atomic mass is 9.70. The van der Waals surface area contributed by atoms with Gasteiger partial charge >= 0.3 is 0 Å². The molecule has 2 saturated carbocycles. The smallest absolute Gasteiger partial charge is 0.156 e. The van der Waals surface area contributed by atoms with E-state index < -0.39 is 9.76 Å². The molecule has 124 valence electrons. The molecular formula is C19H38OSi. The Hall–Kier alpha value is 0.177. The summed E-state index contributed by atoms with van der Waals surface area (Å²) in [6, 6.07) is 1.18. The second-order valence-electron chi connectivity index (χ2n) is 7.74. The molecule has 2 heteroatoms. The van der Waals surface area contributed by atoms with Gasteiger partial charge in [0.05, 0.1) is 0 Å². The first kappa shape index (κ1) is 17.5. The molecule has 0 aromatic rings. The third-order valence-electron chi connectivity index (χ3n) is 6.21. The van der Waals surface area contributed by atoms with E-state index in [4.69, 9.17) is 0 Å². The molecule has 0 atom stereocenters. The van der Waals surface area contributed by atoms with Crippen LogP contribution in [0.4, 0.5) is 0 Å². The molecule has 2 aliphatic rings. The van der Waals surface area contributed by atoms with Gasteiger partial charge in [-0.3, -0.25) is 0 Å². The van der Waals surface area contributed by atoms with E-state index in [0.29, 0.717) is 0 Å². The lowest BCUT2D eigenvalue weighted by Crippen LogP contribution is -2.26. The van der Waals surface area contributed by atoms with Gasteiger partial charge in [-0.2, -0.15) is 0 Å². The Bertz CT molecular complexity index is 218. The van der Waals surface area contributed by atoms with Gasteiger partial charge in [-0.1, -0.05) is 96.3 Å². The van der Waals surface area contributed by atoms with Crippen molar-refractivity contribution in [2.24, 2.45) is 17.8 Å². The topological polar surface area (TPSA) is 20.2 Å². The average Bonchev–Trinajstić information content (AvgIpc) is 2.41. The highest BCUT2D eigenvalue weighted by atomic mass is 28.2. The van der Waals surface area contributed by atoms with E-state index in [1.54, 1.807) is 0 Å². The fourth-order valence-corrected chi connectivity index (χ4v) is 5.67. The molecular weight excluding hydrogens is 272 g/mol. The van der Waals surface area contributed by atoms with E-state index in [0.717, 1.165) is 17.8 Å². The van der Waals surface area contributed by atoms with Crippen LogP contribution in [0.5, 0.6) is 0 Å². The largest absolute Gasteiger partial charge is 0.438 e. The third kappa shape index (κ3) is 6.44. The van der Waals surface area contributed by atoms with Crippen LogP contribution in [0, 0.1) is 17.8 Å². The lowest BCUT2D eigenvalue weighted by molar-refractivity contribution is 0.155. The fraction of sp³-hybridized carbons (Fsp3) is 1.00. The van der Waals surface area contributed by atoms with Crippen molar-refractivity contribution in [2.45, 2.75) is 102 Å². The van der Waals surface area contributed by atoms with Gasteiger partial charge < -0.3 is 4.80 Å². The molecule has 2 aliphatic carbocycles. The van der Waals surface area contributed by atoms with Crippen LogP contribution in [0.1, 0.15) is 96.3 Å². The number of rotatable bonds is 5. The molecule has 0 unspecified atom stereocenters. The standard InChI is InChI=1S/C19H38OSi/c20-21-16-15-19(17-11-7-3-1-4-8-12-17)18-13-9-5-2-6-10-14-18/h17-20H,1-16,21H2. The molecule has 0 heterocycles.